The van der Waals surface area contributed by atoms with Gasteiger partial charge in [0.25, 0.3) is 0 Å². The molecule has 1 aliphatic heterocycles. The second-order valence-corrected chi connectivity index (χ2v) is 7.79. The molecule has 158 valence electrons. The monoisotopic (exact) mass is 410 g/mol. The maximum Gasteiger partial charge on any atom is 0.226 e. The van der Waals surface area contributed by atoms with Crippen LogP contribution < -0.4 is 5.32 Å². The minimum Gasteiger partial charge on any atom is -0.379 e. The van der Waals surface area contributed by atoms with Crippen molar-refractivity contribution in [3.63, 3.8) is 0 Å². The third kappa shape index (κ3) is 4.52. The fraction of sp³-hybridized carbons (Fsp3) is 0.391. The standard InChI is InChI=1S/C23H27FN4O2/c1-16-3-6-21-26-23(18-4-5-19(24)17(2)13-18)20(28(21)15-16)14-22(29)25-7-8-27-9-11-30-12-10-27/h3-6,13,15H,7-12,14H2,1-2H3,(H,25,29). The number of pyridine rings is 1. The van der Waals surface area contributed by atoms with Gasteiger partial charge in [0.2, 0.25) is 5.91 Å². The first kappa shape index (κ1) is 20.5. The Morgan fingerprint density at radius 3 is 2.77 bits per heavy atom. The summed E-state index contributed by atoms with van der Waals surface area (Å²) >= 11 is 0. The van der Waals surface area contributed by atoms with Crippen molar-refractivity contribution in [1.29, 1.82) is 0 Å². The van der Waals surface area contributed by atoms with Gasteiger partial charge in [0.15, 0.2) is 0 Å². The van der Waals surface area contributed by atoms with Gasteiger partial charge in [-0.05, 0) is 49.2 Å². The molecule has 0 spiro atoms. The second-order valence-electron chi connectivity index (χ2n) is 7.79. The molecule has 4 rings (SSSR count). The zero-order valence-corrected chi connectivity index (χ0v) is 17.4. The first-order valence-electron chi connectivity index (χ1n) is 10.3. The third-order valence-electron chi connectivity index (χ3n) is 5.48. The molecule has 1 fully saturated rings. The molecule has 0 bridgehead atoms. The van der Waals surface area contributed by atoms with Crippen LogP contribution in [0, 0.1) is 19.7 Å². The van der Waals surface area contributed by atoms with Crippen molar-refractivity contribution in [3.8, 4) is 11.3 Å². The Hall–Kier alpha value is -2.77. The molecular formula is C23H27FN4O2. The molecule has 1 saturated heterocycles. The number of nitrogens with one attached hydrogen (secondary N) is 1. The summed E-state index contributed by atoms with van der Waals surface area (Å²) in [6.45, 7) is 8.44. The van der Waals surface area contributed by atoms with E-state index in [-0.39, 0.29) is 18.1 Å². The molecule has 3 aromatic rings. The number of fused-ring (bicyclic) bond motifs is 1. The summed E-state index contributed by atoms with van der Waals surface area (Å²) < 4.78 is 21.1. The Morgan fingerprint density at radius 2 is 2.00 bits per heavy atom. The Labute approximate surface area is 175 Å². The van der Waals surface area contributed by atoms with Crippen LogP contribution in [0.15, 0.2) is 36.5 Å². The highest BCUT2D eigenvalue weighted by molar-refractivity contribution is 5.81. The van der Waals surface area contributed by atoms with E-state index in [1.54, 1.807) is 19.1 Å². The van der Waals surface area contributed by atoms with E-state index in [9.17, 15) is 9.18 Å². The highest BCUT2D eigenvalue weighted by atomic mass is 19.1. The fourth-order valence-corrected chi connectivity index (χ4v) is 3.78. The molecule has 30 heavy (non-hydrogen) atoms. The van der Waals surface area contributed by atoms with Gasteiger partial charge in [0.1, 0.15) is 11.5 Å². The zero-order chi connectivity index (χ0) is 21.1. The number of halogens is 1. The predicted octanol–water partition coefficient (Wildman–Crippen LogP) is 2.75. The molecule has 2 aromatic heterocycles. The van der Waals surface area contributed by atoms with Crippen molar-refractivity contribution < 1.29 is 13.9 Å². The maximum absolute atomic E-state index is 13.8. The Balaban J connectivity index is 1.55. The van der Waals surface area contributed by atoms with Crippen LogP contribution in [0.3, 0.4) is 0 Å². The van der Waals surface area contributed by atoms with E-state index in [0.717, 1.165) is 55.3 Å². The van der Waals surface area contributed by atoms with Crippen LogP contribution >= 0.6 is 0 Å². The van der Waals surface area contributed by atoms with Crippen LogP contribution in [0.1, 0.15) is 16.8 Å². The van der Waals surface area contributed by atoms with Crippen molar-refractivity contribution >= 4 is 11.6 Å². The number of hydrogen-bond acceptors (Lipinski definition) is 4. The van der Waals surface area contributed by atoms with Crippen LogP contribution in [0.5, 0.6) is 0 Å². The molecule has 7 heteroatoms. The number of nitrogens with zero attached hydrogens (tertiary/aromatic N) is 3. The molecule has 0 unspecified atom stereocenters. The number of amides is 1. The fourth-order valence-electron chi connectivity index (χ4n) is 3.78. The number of carbonyl (C=O) groups excluding carboxylic acids is 1. The van der Waals surface area contributed by atoms with Crippen LogP contribution in [0.25, 0.3) is 16.9 Å². The lowest BCUT2D eigenvalue weighted by Crippen LogP contribution is -2.41. The molecule has 1 aliphatic rings. The van der Waals surface area contributed by atoms with E-state index in [4.69, 9.17) is 9.72 Å². The van der Waals surface area contributed by atoms with E-state index in [0.29, 0.717) is 17.8 Å². The van der Waals surface area contributed by atoms with Crippen LogP contribution in [-0.2, 0) is 16.0 Å². The Morgan fingerprint density at radius 1 is 1.20 bits per heavy atom. The summed E-state index contributed by atoms with van der Waals surface area (Å²) in [5.74, 6) is -0.299. The molecule has 0 atom stereocenters. The topological polar surface area (TPSA) is 58.9 Å². The van der Waals surface area contributed by atoms with Crippen molar-refractivity contribution in [2.75, 3.05) is 39.4 Å². The summed E-state index contributed by atoms with van der Waals surface area (Å²) in [6.07, 6.45) is 2.19. The lowest BCUT2D eigenvalue weighted by Gasteiger charge is -2.26. The minimum atomic E-state index is -0.249. The summed E-state index contributed by atoms with van der Waals surface area (Å²) in [4.78, 5) is 19.8. The first-order valence-corrected chi connectivity index (χ1v) is 10.3. The van der Waals surface area contributed by atoms with Crippen LogP contribution in [0.4, 0.5) is 4.39 Å². The number of imidazole rings is 1. The number of benzene rings is 1. The smallest absolute Gasteiger partial charge is 0.226 e. The van der Waals surface area contributed by atoms with E-state index in [2.05, 4.69) is 10.2 Å². The van der Waals surface area contributed by atoms with Crippen LogP contribution in [-0.4, -0.2) is 59.6 Å². The molecule has 1 N–H and O–H groups in total. The van der Waals surface area contributed by atoms with E-state index >= 15 is 0 Å². The van der Waals surface area contributed by atoms with Gasteiger partial charge in [-0.15, -0.1) is 0 Å². The highest BCUT2D eigenvalue weighted by Crippen LogP contribution is 2.27. The Kier molecular flexibility index (Phi) is 6.11. The lowest BCUT2D eigenvalue weighted by atomic mass is 10.1. The summed E-state index contributed by atoms with van der Waals surface area (Å²) in [5.41, 5.74) is 4.74. The quantitative estimate of drug-likeness (QED) is 0.679. The van der Waals surface area contributed by atoms with Crippen molar-refractivity contribution in [1.82, 2.24) is 19.6 Å². The van der Waals surface area contributed by atoms with E-state index in [1.165, 1.54) is 6.07 Å². The minimum absolute atomic E-state index is 0.0494. The van der Waals surface area contributed by atoms with Gasteiger partial charge < -0.3 is 14.5 Å². The molecule has 0 saturated carbocycles. The van der Waals surface area contributed by atoms with Gasteiger partial charge >= 0.3 is 0 Å². The van der Waals surface area contributed by atoms with Gasteiger partial charge in [0, 0.05) is 37.9 Å². The summed E-state index contributed by atoms with van der Waals surface area (Å²) in [6, 6.07) is 8.88. The largest absolute Gasteiger partial charge is 0.379 e. The number of aromatic nitrogens is 2. The van der Waals surface area contributed by atoms with Crippen molar-refractivity contribution in [3.05, 3.63) is 59.2 Å². The Bertz CT molecular complexity index is 1060. The molecular weight excluding hydrogens is 383 g/mol. The zero-order valence-electron chi connectivity index (χ0n) is 17.4. The number of morpholine rings is 1. The maximum atomic E-state index is 13.8. The number of ether oxygens (including phenoxy) is 1. The molecule has 3 heterocycles. The van der Waals surface area contributed by atoms with Gasteiger partial charge in [-0.3, -0.25) is 9.69 Å². The number of carbonyl (C=O) groups is 1. The average Bonchev–Trinajstić information content (AvgIpc) is 3.08. The normalized spacial score (nSPS) is 14.9. The van der Waals surface area contributed by atoms with Crippen LogP contribution in [0.2, 0.25) is 0 Å². The number of rotatable bonds is 6. The van der Waals surface area contributed by atoms with Gasteiger partial charge in [-0.25, -0.2) is 9.37 Å². The second kappa shape index (κ2) is 8.93. The highest BCUT2D eigenvalue weighted by Gasteiger charge is 2.18. The number of aryl methyl sites for hydroxylation is 2. The van der Waals surface area contributed by atoms with Crippen molar-refractivity contribution in [2.24, 2.45) is 0 Å². The molecule has 0 radical (unpaired) electrons. The lowest BCUT2D eigenvalue weighted by molar-refractivity contribution is -0.120. The molecule has 1 aromatic carbocycles. The van der Waals surface area contributed by atoms with Gasteiger partial charge in [-0.1, -0.05) is 6.07 Å². The first-order chi connectivity index (χ1) is 14.5. The van der Waals surface area contributed by atoms with E-state index < -0.39 is 0 Å². The predicted molar refractivity (Wildman–Crippen MR) is 114 cm³/mol. The molecule has 6 nitrogen and oxygen atoms in total. The van der Waals surface area contributed by atoms with Crippen molar-refractivity contribution in [2.45, 2.75) is 20.3 Å². The van der Waals surface area contributed by atoms with E-state index in [1.807, 2.05) is 29.7 Å². The van der Waals surface area contributed by atoms with Gasteiger partial charge in [0.05, 0.1) is 31.0 Å². The SMILES string of the molecule is Cc1ccc2nc(-c3ccc(F)c(C)c3)c(CC(=O)NCCN3CCOCC3)n2c1. The molecule has 0 aliphatic carbocycles. The summed E-state index contributed by atoms with van der Waals surface area (Å²) in [5, 5.41) is 3.02. The summed E-state index contributed by atoms with van der Waals surface area (Å²) in [7, 11) is 0. The number of hydrogen-bond donors (Lipinski definition) is 1. The van der Waals surface area contributed by atoms with Gasteiger partial charge in [-0.2, -0.15) is 0 Å². The third-order valence-corrected chi connectivity index (χ3v) is 5.48. The average molecular weight is 410 g/mol. The molecule has 1 amide bonds.